The average Bonchev–Trinajstić information content (AvgIpc) is 3.16. The maximum Gasteiger partial charge on any atom is 0.169 e. The Balaban J connectivity index is 2.12. The smallest absolute Gasteiger partial charge is 0.169 e. The second kappa shape index (κ2) is 10.5. The van der Waals surface area contributed by atoms with E-state index in [9.17, 15) is 0 Å². The molecule has 0 atom stereocenters. The van der Waals surface area contributed by atoms with Gasteiger partial charge >= 0.3 is 0 Å². The molecule has 4 nitrogen and oxygen atoms in total. The molecule has 0 unspecified atom stereocenters. The fourth-order valence-corrected chi connectivity index (χ4v) is 3.83. The number of hydrogen-bond donors (Lipinski definition) is 1. The maximum atomic E-state index is 5.74. The van der Waals surface area contributed by atoms with Crippen LogP contribution in [0, 0.1) is 0 Å². The molecule has 1 fully saturated rings. The maximum absolute atomic E-state index is 5.74. The Bertz CT molecular complexity index is 544. The lowest BCUT2D eigenvalue weighted by atomic mass is 10.1. The number of nitrogens with zero attached hydrogens (tertiary/aromatic N) is 1. The summed E-state index contributed by atoms with van der Waals surface area (Å²) in [6, 6.07) is 6.57. The standard InChI is InChI=1S/C20H32N2O2S/c1-4-5-8-14-21-20(25)22(17-11-6-7-12-17)15-16-10-9-13-18(23-2)19(16)24-3/h9-10,13,17H,4-8,11-12,14-15H2,1-3H3,(H,21,25). The molecule has 0 aromatic heterocycles. The Morgan fingerprint density at radius 1 is 1.20 bits per heavy atom. The summed E-state index contributed by atoms with van der Waals surface area (Å²) < 4.78 is 11.1. The van der Waals surface area contributed by atoms with Gasteiger partial charge in [0.25, 0.3) is 0 Å². The molecule has 2 rings (SSSR count). The number of nitrogens with one attached hydrogen (secondary N) is 1. The highest BCUT2D eigenvalue weighted by Gasteiger charge is 2.26. The molecule has 140 valence electrons. The summed E-state index contributed by atoms with van der Waals surface area (Å²) in [4.78, 5) is 2.35. The molecule has 1 aliphatic carbocycles. The van der Waals surface area contributed by atoms with E-state index in [0.717, 1.165) is 41.7 Å². The molecule has 5 heteroatoms. The first kappa shape index (κ1) is 19.8. The van der Waals surface area contributed by atoms with Crippen LogP contribution < -0.4 is 14.8 Å². The number of para-hydroxylation sites is 1. The van der Waals surface area contributed by atoms with Crippen molar-refractivity contribution in [3.05, 3.63) is 23.8 Å². The second-order valence-corrected chi connectivity index (χ2v) is 7.04. The van der Waals surface area contributed by atoms with Crippen LogP contribution in [-0.2, 0) is 6.54 Å². The van der Waals surface area contributed by atoms with Crippen LogP contribution in [0.1, 0.15) is 57.4 Å². The molecule has 0 saturated heterocycles. The van der Waals surface area contributed by atoms with E-state index in [1.165, 1.54) is 38.5 Å². The van der Waals surface area contributed by atoms with Crippen LogP contribution in [0.25, 0.3) is 0 Å². The van der Waals surface area contributed by atoms with Gasteiger partial charge in [-0.3, -0.25) is 0 Å². The lowest BCUT2D eigenvalue weighted by Crippen LogP contribution is -2.44. The minimum atomic E-state index is 0.516. The number of hydrogen-bond acceptors (Lipinski definition) is 3. The molecular formula is C20H32N2O2S. The summed E-state index contributed by atoms with van der Waals surface area (Å²) in [7, 11) is 3.37. The zero-order valence-electron chi connectivity index (χ0n) is 15.8. The Hall–Kier alpha value is -1.49. The largest absolute Gasteiger partial charge is 0.493 e. The molecule has 0 aliphatic heterocycles. The molecular weight excluding hydrogens is 332 g/mol. The van der Waals surface area contributed by atoms with E-state index in [1.54, 1.807) is 14.2 Å². The first-order valence-electron chi connectivity index (χ1n) is 9.45. The van der Waals surface area contributed by atoms with Gasteiger partial charge in [0.05, 0.1) is 14.2 Å². The quantitative estimate of drug-likeness (QED) is 0.515. The highest BCUT2D eigenvalue weighted by atomic mass is 32.1. The molecule has 1 saturated carbocycles. The fourth-order valence-electron chi connectivity index (χ4n) is 3.52. The van der Waals surface area contributed by atoms with Crippen molar-refractivity contribution in [1.29, 1.82) is 0 Å². The van der Waals surface area contributed by atoms with Crippen molar-refractivity contribution in [2.75, 3.05) is 20.8 Å². The number of ether oxygens (including phenoxy) is 2. The predicted octanol–water partition coefficient (Wildman–Crippen LogP) is 4.51. The van der Waals surface area contributed by atoms with E-state index >= 15 is 0 Å². The first-order chi connectivity index (χ1) is 12.2. The number of benzene rings is 1. The Labute approximate surface area is 157 Å². The van der Waals surface area contributed by atoms with Crippen LogP contribution in [-0.4, -0.2) is 36.8 Å². The average molecular weight is 365 g/mol. The van der Waals surface area contributed by atoms with Crippen molar-refractivity contribution in [2.24, 2.45) is 0 Å². The Morgan fingerprint density at radius 3 is 2.60 bits per heavy atom. The zero-order chi connectivity index (χ0) is 18.1. The lowest BCUT2D eigenvalue weighted by molar-refractivity contribution is 0.293. The fraction of sp³-hybridized carbons (Fsp3) is 0.650. The van der Waals surface area contributed by atoms with Crippen LogP contribution >= 0.6 is 12.2 Å². The molecule has 0 heterocycles. The van der Waals surface area contributed by atoms with Gasteiger partial charge in [0.15, 0.2) is 16.6 Å². The van der Waals surface area contributed by atoms with Crippen molar-refractivity contribution in [3.8, 4) is 11.5 Å². The normalized spacial score (nSPS) is 14.4. The summed E-state index contributed by atoms with van der Waals surface area (Å²) in [5.74, 6) is 1.58. The van der Waals surface area contributed by atoms with Crippen molar-refractivity contribution in [2.45, 2.75) is 64.5 Å². The zero-order valence-corrected chi connectivity index (χ0v) is 16.7. The molecule has 0 spiro atoms. The predicted molar refractivity (Wildman–Crippen MR) is 107 cm³/mol. The van der Waals surface area contributed by atoms with Crippen LogP contribution in [0.15, 0.2) is 18.2 Å². The first-order valence-corrected chi connectivity index (χ1v) is 9.86. The van der Waals surface area contributed by atoms with Crippen molar-refractivity contribution in [3.63, 3.8) is 0 Å². The highest BCUT2D eigenvalue weighted by molar-refractivity contribution is 7.80. The molecule has 0 bridgehead atoms. The molecule has 1 aromatic carbocycles. The van der Waals surface area contributed by atoms with Gasteiger partial charge in [0, 0.05) is 24.7 Å². The van der Waals surface area contributed by atoms with Crippen LogP contribution in [0.2, 0.25) is 0 Å². The second-order valence-electron chi connectivity index (χ2n) is 6.66. The third-order valence-electron chi connectivity index (χ3n) is 4.91. The topological polar surface area (TPSA) is 33.7 Å². The minimum absolute atomic E-state index is 0.516. The minimum Gasteiger partial charge on any atom is -0.493 e. The molecule has 1 aromatic rings. The van der Waals surface area contributed by atoms with Gasteiger partial charge < -0.3 is 19.7 Å². The van der Waals surface area contributed by atoms with Gasteiger partial charge in [-0.05, 0) is 37.5 Å². The van der Waals surface area contributed by atoms with Gasteiger partial charge in [-0.2, -0.15) is 0 Å². The monoisotopic (exact) mass is 364 g/mol. The third-order valence-corrected chi connectivity index (χ3v) is 5.29. The number of thiocarbonyl (C=S) groups is 1. The molecule has 25 heavy (non-hydrogen) atoms. The van der Waals surface area contributed by atoms with Crippen molar-refractivity contribution >= 4 is 17.3 Å². The summed E-state index contributed by atoms with van der Waals surface area (Å²) in [5, 5.41) is 4.33. The van der Waals surface area contributed by atoms with Crippen molar-refractivity contribution in [1.82, 2.24) is 10.2 Å². The van der Waals surface area contributed by atoms with E-state index < -0.39 is 0 Å². The summed E-state index contributed by atoms with van der Waals surface area (Å²) in [6.45, 7) is 3.92. The number of methoxy groups -OCH3 is 2. The van der Waals surface area contributed by atoms with E-state index in [2.05, 4.69) is 23.2 Å². The number of unbranched alkanes of at least 4 members (excludes halogenated alkanes) is 2. The van der Waals surface area contributed by atoms with E-state index in [4.69, 9.17) is 21.7 Å². The highest BCUT2D eigenvalue weighted by Crippen LogP contribution is 2.33. The summed E-state index contributed by atoms with van der Waals surface area (Å²) in [6.07, 6.45) is 8.62. The Kier molecular flexibility index (Phi) is 8.32. The van der Waals surface area contributed by atoms with E-state index in [1.807, 2.05) is 12.1 Å². The number of rotatable bonds is 9. The Morgan fingerprint density at radius 2 is 1.96 bits per heavy atom. The third kappa shape index (κ3) is 5.50. The van der Waals surface area contributed by atoms with Gasteiger partial charge in [-0.25, -0.2) is 0 Å². The van der Waals surface area contributed by atoms with E-state index in [-0.39, 0.29) is 0 Å². The molecule has 0 radical (unpaired) electrons. The van der Waals surface area contributed by atoms with Crippen LogP contribution in [0.4, 0.5) is 0 Å². The molecule has 1 N–H and O–H groups in total. The van der Waals surface area contributed by atoms with Gasteiger partial charge in [0.2, 0.25) is 0 Å². The molecule has 0 amide bonds. The summed E-state index contributed by atoms with van der Waals surface area (Å²) in [5.41, 5.74) is 1.12. The SMILES string of the molecule is CCCCCNC(=S)N(Cc1cccc(OC)c1OC)C1CCCC1. The van der Waals surface area contributed by atoms with Crippen LogP contribution in [0.5, 0.6) is 11.5 Å². The van der Waals surface area contributed by atoms with Crippen molar-refractivity contribution < 1.29 is 9.47 Å². The lowest BCUT2D eigenvalue weighted by Gasteiger charge is -2.32. The summed E-state index contributed by atoms with van der Waals surface area (Å²) >= 11 is 5.74. The van der Waals surface area contributed by atoms with Gasteiger partial charge in [-0.15, -0.1) is 0 Å². The molecule has 1 aliphatic rings. The van der Waals surface area contributed by atoms with Crippen LogP contribution in [0.3, 0.4) is 0 Å². The van der Waals surface area contributed by atoms with Gasteiger partial charge in [-0.1, -0.05) is 44.7 Å². The van der Waals surface area contributed by atoms with Gasteiger partial charge in [0.1, 0.15) is 0 Å². The van der Waals surface area contributed by atoms with E-state index in [0.29, 0.717) is 6.04 Å².